The minimum atomic E-state index is -1.54. The minimum Gasteiger partial charge on any atom is -0.455 e. The summed E-state index contributed by atoms with van der Waals surface area (Å²) in [6.07, 6.45) is 2.40. The molecule has 0 aromatic heterocycles. The first-order valence-electron chi connectivity index (χ1n) is 8.92. The van der Waals surface area contributed by atoms with Crippen LogP contribution < -0.4 is 10.6 Å². The number of hydrogen-bond acceptors (Lipinski definition) is 5. The zero-order valence-electron chi connectivity index (χ0n) is 16.3. The molecule has 0 amide bonds. The summed E-state index contributed by atoms with van der Waals surface area (Å²) in [6.45, 7) is 15.1. The van der Waals surface area contributed by atoms with Crippen LogP contribution in [0.2, 0.25) is 38.3 Å². The molecule has 5 nitrogen and oxygen atoms in total. The van der Waals surface area contributed by atoms with E-state index in [1.165, 1.54) is 24.9 Å². The van der Waals surface area contributed by atoms with Crippen LogP contribution in [0, 0.1) is 0 Å². The van der Waals surface area contributed by atoms with Crippen LogP contribution in [0.25, 0.3) is 0 Å². The van der Waals surface area contributed by atoms with Gasteiger partial charge in [0.15, 0.2) is 16.6 Å². The summed E-state index contributed by atoms with van der Waals surface area (Å²) in [7, 11) is 0.406. The van der Waals surface area contributed by atoms with Gasteiger partial charge in [-0.05, 0) is 64.2 Å². The van der Waals surface area contributed by atoms with Crippen LogP contribution in [-0.4, -0.2) is 70.2 Å². The lowest BCUT2D eigenvalue weighted by Gasteiger charge is -2.34. The zero-order valence-corrected chi connectivity index (χ0v) is 18.3. The van der Waals surface area contributed by atoms with E-state index < -0.39 is 16.6 Å². The van der Waals surface area contributed by atoms with E-state index in [0.717, 1.165) is 39.4 Å². The second-order valence-corrected chi connectivity index (χ2v) is 16.2. The van der Waals surface area contributed by atoms with Crippen LogP contribution >= 0.6 is 0 Å². The lowest BCUT2D eigenvalue weighted by molar-refractivity contribution is 0.199. The van der Waals surface area contributed by atoms with E-state index in [-0.39, 0.29) is 0 Å². The van der Waals surface area contributed by atoms with E-state index in [2.05, 4.69) is 36.8 Å². The maximum Gasteiger partial charge on any atom is 0.173 e. The van der Waals surface area contributed by atoms with Gasteiger partial charge in [-0.15, -0.1) is 0 Å². The van der Waals surface area contributed by atoms with Crippen molar-refractivity contribution in [1.29, 1.82) is 0 Å². The molecular formula is C16H40N2O3Si2. The molecule has 0 heterocycles. The Morgan fingerprint density at radius 3 is 1.39 bits per heavy atom. The highest BCUT2D eigenvalue weighted by Gasteiger charge is 2.32. The lowest BCUT2D eigenvalue weighted by Crippen LogP contribution is -2.44. The van der Waals surface area contributed by atoms with Gasteiger partial charge in [0.2, 0.25) is 0 Å². The molecule has 7 heteroatoms. The molecule has 0 aromatic carbocycles. The first-order valence-corrected chi connectivity index (χ1v) is 15.2. The molecule has 0 saturated heterocycles. The molecule has 0 rings (SSSR count). The number of nitrogens with one attached hydrogen (secondary N) is 2. The molecule has 2 N–H and O–H groups in total. The van der Waals surface area contributed by atoms with Crippen molar-refractivity contribution >= 4 is 16.6 Å². The predicted octanol–water partition coefficient (Wildman–Crippen LogP) is 2.67. The second kappa shape index (κ2) is 13.5. The Morgan fingerprint density at radius 1 is 0.652 bits per heavy atom. The topological polar surface area (TPSA) is 51.8 Å². The van der Waals surface area contributed by atoms with Crippen molar-refractivity contribution in [3.8, 4) is 0 Å². The molecule has 0 unspecified atom stereocenters. The fourth-order valence-corrected chi connectivity index (χ4v) is 11.6. The second-order valence-electron chi connectivity index (χ2n) is 7.31. The molecule has 0 saturated carbocycles. The van der Waals surface area contributed by atoms with Gasteiger partial charge in [0.05, 0.1) is 13.2 Å². The van der Waals surface area contributed by atoms with Crippen LogP contribution in [0.15, 0.2) is 0 Å². The summed E-state index contributed by atoms with van der Waals surface area (Å²) < 4.78 is 16.7. The fourth-order valence-electron chi connectivity index (χ4n) is 2.73. The van der Waals surface area contributed by atoms with Gasteiger partial charge in [0, 0.05) is 27.3 Å². The van der Waals surface area contributed by atoms with Crippen molar-refractivity contribution in [2.75, 3.05) is 53.6 Å². The van der Waals surface area contributed by atoms with Crippen LogP contribution in [0.1, 0.15) is 12.8 Å². The third-order valence-electron chi connectivity index (χ3n) is 3.78. The Labute approximate surface area is 146 Å². The van der Waals surface area contributed by atoms with Crippen LogP contribution in [-0.2, 0) is 13.6 Å². The minimum absolute atomic E-state index is 0.787. The summed E-state index contributed by atoms with van der Waals surface area (Å²) in [5, 5.41) is 6.83. The van der Waals surface area contributed by atoms with Gasteiger partial charge in [-0.2, -0.15) is 0 Å². The third-order valence-corrected chi connectivity index (χ3v) is 11.3. The molecule has 0 aliphatic carbocycles. The Kier molecular flexibility index (Phi) is 13.7. The number of ether oxygens (including phenoxy) is 2. The number of rotatable bonds is 16. The first-order chi connectivity index (χ1) is 10.8. The first kappa shape index (κ1) is 23.2. The standard InChI is InChI=1S/C16H40N2O3Si2/c1-19-13-11-17-9-7-15-22(3,4)21-23(5,6)16-8-10-18-12-14-20-2/h17-18H,7-16H2,1-6H3. The van der Waals surface area contributed by atoms with Crippen molar-refractivity contribution in [3.05, 3.63) is 0 Å². The molecular weight excluding hydrogens is 324 g/mol. The van der Waals surface area contributed by atoms with E-state index in [1.54, 1.807) is 14.2 Å². The van der Waals surface area contributed by atoms with Crippen LogP contribution in [0.3, 0.4) is 0 Å². The smallest absolute Gasteiger partial charge is 0.173 e. The van der Waals surface area contributed by atoms with Crippen molar-refractivity contribution in [2.24, 2.45) is 0 Å². The quantitative estimate of drug-likeness (QED) is 0.326. The van der Waals surface area contributed by atoms with Crippen molar-refractivity contribution in [2.45, 2.75) is 51.1 Å². The maximum atomic E-state index is 6.65. The van der Waals surface area contributed by atoms with Gasteiger partial charge in [0.25, 0.3) is 0 Å². The molecule has 0 radical (unpaired) electrons. The SMILES string of the molecule is COCCNCCC[Si](C)(C)O[Si](C)(C)CCCNCCOC. The Hall–Kier alpha value is 0.234. The maximum absolute atomic E-state index is 6.65. The molecule has 0 aliphatic rings. The van der Waals surface area contributed by atoms with Gasteiger partial charge >= 0.3 is 0 Å². The summed E-state index contributed by atoms with van der Waals surface area (Å²) in [6, 6.07) is 2.46. The van der Waals surface area contributed by atoms with E-state index in [1.807, 2.05) is 0 Å². The molecule has 140 valence electrons. The Bertz CT molecular complexity index is 254. The fraction of sp³-hybridized carbons (Fsp3) is 1.00. The summed E-state index contributed by atoms with van der Waals surface area (Å²) in [5.41, 5.74) is 0. The highest BCUT2D eigenvalue weighted by molar-refractivity contribution is 6.84. The highest BCUT2D eigenvalue weighted by Crippen LogP contribution is 2.23. The van der Waals surface area contributed by atoms with Gasteiger partial charge < -0.3 is 24.2 Å². The summed E-state index contributed by atoms with van der Waals surface area (Å²) in [4.78, 5) is 0. The number of hydrogen-bond donors (Lipinski definition) is 2. The van der Waals surface area contributed by atoms with Gasteiger partial charge in [0.1, 0.15) is 0 Å². The molecule has 23 heavy (non-hydrogen) atoms. The highest BCUT2D eigenvalue weighted by atomic mass is 28.4. The molecule has 0 atom stereocenters. The molecule has 0 fully saturated rings. The van der Waals surface area contributed by atoms with Crippen LogP contribution in [0.5, 0.6) is 0 Å². The van der Waals surface area contributed by atoms with Crippen LogP contribution in [0.4, 0.5) is 0 Å². The molecule has 0 bridgehead atoms. The third kappa shape index (κ3) is 15.5. The van der Waals surface area contributed by atoms with Gasteiger partial charge in [-0.25, -0.2) is 0 Å². The molecule has 0 aromatic rings. The van der Waals surface area contributed by atoms with E-state index in [9.17, 15) is 0 Å². The molecule has 0 spiro atoms. The van der Waals surface area contributed by atoms with E-state index in [4.69, 9.17) is 13.6 Å². The normalized spacial score (nSPS) is 12.8. The van der Waals surface area contributed by atoms with Gasteiger partial charge in [-0.3, -0.25) is 0 Å². The van der Waals surface area contributed by atoms with E-state index in [0.29, 0.717) is 0 Å². The largest absolute Gasteiger partial charge is 0.455 e. The Balaban J connectivity index is 3.82. The van der Waals surface area contributed by atoms with Gasteiger partial charge in [-0.1, -0.05) is 0 Å². The van der Waals surface area contributed by atoms with Crippen molar-refractivity contribution in [1.82, 2.24) is 10.6 Å². The lowest BCUT2D eigenvalue weighted by atomic mass is 10.5. The Morgan fingerprint density at radius 2 is 1.04 bits per heavy atom. The summed E-state index contributed by atoms with van der Waals surface area (Å²) >= 11 is 0. The van der Waals surface area contributed by atoms with Crippen molar-refractivity contribution < 1.29 is 13.6 Å². The van der Waals surface area contributed by atoms with Crippen molar-refractivity contribution in [3.63, 3.8) is 0 Å². The summed E-state index contributed by atoms with van der Waals surface area (Å²) in [5.74, 6) is 0. The number of methoxy groups -OCH3 is 2. The zero-order chi connectivity index (χ0) is 17.6. The average molecular weight is 365 g/mol. The van der Waals surface area contributed by atoms with E-state index >= 15 is 0 Å². The molecule has 0 aliphatic heterocycles. The monoisotopic (exact) mass is 364 g/mol. The predicted molar refractivity (Wildman–Crippen MR) is 104 cm³/mol. The average Bonchev–Trinajstić information content (AvgIpc) is 2.45.